The summed E-state index contributed by atoms with van der Waals surface area (Å²) in [7, 11) is 0. The molecule has 3 nitrogen and oxygen atoms in total. The fourth-order valence-electron chi connectivity index (χ4n) is 1.85. The van der Waals surface area contributed by atoms with E-state index in [4.69, 9.17) is 12.2 Å². The van der Waals surface area contributed by atoms with Gasteiger partial charge in [-0.1, -0.05) is 12.1 Å². The van der Waals surface area contributed by atoms with Gasteiger partial charge in [-0.3, -0.25) is 0 Å². The van der Waals surface area contributed by atoms with Crippen LogP contribution in [0.4, 0.5) is 4.39 Å². The summed E-state index contributed by atoms with van der Waals surface area (Å²) in [6.45, 7) is 1.87. The summed E-state index contributed by atoms with van der Waals surface area (Å²) in [5.74, 6) is -0.263. The molecule has 0 fully saturated rings. The summed E-state index contributed by atoms with van der Waals surface area (Å²) < 4.78 is 15.2. The number of aromatic amines is 1. The Morgan fingerprint density at radius 1 is 1.41 bits per heavy atom. The molecule has 0 aliphatic rings. The lowest BCUT2D eigenvalue weighted by Crippen LogP contribution is -2.10. The molecule has 1 aromatic heterocycles. The van der Waals surface area contributed by atoms with Gasteiger partial charge in [-0.25, -0.2) is 4.39 Å². The molecule has 17 heavy (non-hydrogen) atoms. The molecule has 0 radical (unpaired) electrons. The number of nitrogens with zero attached hydrogens (tertiary/aromatic N) is 1. The number of hydrogen-bond donors (Lipinski definition) is 2. The topological polar surface area (TPSA) is 41.0 Å². The van der Waals surface area contributed by atoms with Crippen LogP contribution < -0.4 is 0 Å². The van der Waals surface area contributed by atoms with Gasteiger partial charge in [0.25, 0.3) is 0 Å². The quantitative estimate of drug-likeness (QED) is 0.825. The first kappa shape index (κ1) is 12.0. The van der Waals surface area contributed by atoms with E-state index in [0.717, 1.165) is 5.56 Å². The number of aliphatic hydroxyl groups is 1. The Morgan fingerprint density at radius 2 is 2.06 bits per heavy atom. The summed E-state index contributed by atoms with van der Waals surface area (Å²) in [5, 5.41) is 9.22. The standard InChI is InChI=1S/C12H13FN2OS/c1-8(9-2-4-10(13)5-3-9)15-11(7-16)6-14-12(15)17/h2-6,8,16H,7H2,1H3,(H,14,17)/t8-/m1/s1. The van der Waals surface area contributed by atoms with Crippen LogP contribution in [0.15, 0.2) is 30.5 Å². The van der Waals surface area contributed by atoms with Crippen molar-refractivity contribution in [3.8, 4) is 0 Å². The average Bonchev–Trinajstić information content (AvgIpc) is 2.70. The van der Waals surface area contributed by atoms with Crippen molar-refractivity contribution in [2.75, 3.05) is 0 Å². The molecule has 1 aromatic carbocycles. The monoisotopic (exact) mass is 252 g/mol. The van der Waals surface area contributed by atoms with Gasteiger partial charge < -0.3 is 14.7 Å². The summed E-state index contributed by atoms with van der Waals surface area (Å²) in [6, 6.07) is 6.23. The minimum absolute atomic E-state index is 0.0449. The Morgan fingerprint density at radius 3 is 2.65 bits per heavy atom. The first-order chi connectivity index (χ1) is 8.13. The molecular weight excluding hydrogens is 239 g/mol. The zero-order chi connectivity index (χ0) is 12.4. The number of hydrogen-bond acceptors (Lipinski definition) is 2. The molecular formula is C12H13FN2OS. The number of aliphatic hydroxyl groups excluding tert-OH is 1. The Hall–Kier alpha value is -1.46. The van der Waals surface area contributed by atoms with E-state index >= 15 is 0 Å². The molecule has 0 amide bonds. The summed E-state index contributed by atoms with van der Waals surface area (Å²) in [6.07, 6.45) is 1.68. The van der Waals surface area contributed by atoms with E-state index in [0.29, 0.717) is 10.5 Å². The largest absolute Gasteiger partial charge is 0.390 e. The predicted octanol–water partition coefficient (Wildman–Crippen LogP) is 2.79. The minimum Gasteiger partial charge on any atom is -0.390 e. The maximum atomic E-state index is 12.8. The lowest BCUT2D eigenvalue weighted by atomic mass is 10.1. The Kier molecular flexibility index (Phi) is 3.40. The molecule has 0 saturated carbocycles. The minimum atomic E-state index is -0.263. The van der Waals surface area contributed by atoms with Gasteiger partial charge >= 0.3 is 0 Å². The van der Waals surface area contributed by atoms with E-state index in [1.54, 1.807) is 18.3 Å². The molecule has 0 aliphatic carbocycles. The fourth-order valence-corrected chi connectivity index (χ4v) is 2.19. The number of imidazole rings is 1. The molecule has 0 saturated heterocycles. The Labute approximate surface area is 104 Å². The van der Waals surface area contributed by atoms with Gasteiger partial charge in [0.2, 0.25) is 0 Å². The summed E-state index contributed by atoms with van der Waals surface area (Å²) in [5.41, 5.74) is 1.66. The molecule has 5 heteroatoms. The van der Waals surface area contributed by atoms with Gasteiger partial charge in [-0.15, -0.1) is 0 Å². The number of halogens is 1. The summed E-state index contributed by atoms with van der Waals surface area (Å²) in [4.78, 5) is 2.89. The van der Waals surface area contributed by atoms with Gasteiger partial charge in [0.05, 0.1) is 18.3 Å². The molecule has 0 unspecified atom stereocenters. The van der Waals surface area contributed by atoms with Crippen molar-refractivity contribution in [1.82, 2.24) is 9.55 Å². The third kappa shape index (κ3) is 2.30. The van der Waals surface area contributed by atoms with Crippen LogP contribution in [0.5, 0.6) is 0 Å². The van der Waals surface area contributed by atoms with E-state index in [-0.39, 0.29) is 18.5 Å². The maximum absolute atomic E-state index is 12.8. The van der Waals surface area contributed by atoms with Crippen molar-refractivity contribution in [3.63, 3.8) is 0 Å². The zero-order valence-electron chi connectivity index (χ0n) is 9.35. The fraction of sp³-hybridized carbons (Fsp3) is 0.250. The van der Waals surface area contributed by atoms with E-state index in [2.05, 4.69) is 4.98 Å². The van der Waals surface area contributed by atoms with Crippen molar-refractivity contribution in [2.45, 2.75) is 19.6 Å². The van der Waals surface area contributed by atoms with Crippen molar-refractivity contribution >= 4 is 12.2 Å². The Balaban J connectivity index is 2.43. The molecule has 1 atom stereocenters. The Bertz CT molecular complexity index is 559. The van der Waals surface area contributed by atoms with E-state index in [1.807, 2.05) is 11.5 Å². The maximum Gasteiger partial charge on any atom is 0.177 e. The van der Waals surface area contributed by atoms with Crippen molar-refractivity contribution in [3.05, 3.63) is 52.3 Å². The van der Waals surface area contributed by atoms with E-state index < -0.39 is 0 Å². The van der Waals surface area contributed by atoms with Gasteiger partial charge in [0, 0.05) is 6.20 Å². The van der Waals surface area contributed by atoms with Gasteiger partial charge in [0.1, 0.15) is 5.82 Å². The van der Waals surface area contributed by atoms with Crippen LogP contribution in [-0.4, -0.2) is 14.7 Å². The van der Waals surface area contributed by atoms with Gasteiger partial charge in [-0.05, 0) is 36.8 Å². The smallest absolute Gasteiger partial charge is 0.177 e. The molecule has 2 rings (SSSR count). The van der Waals surface area contributed by atoms with Crippen LogP contribution in [0.1, 0.15) is 24.2 Å². The molecule has 0 aliphatic heterocycles. The second-order valence-corrected chi connectivity index (χ2v) is 4.23. The second kappa shape index (κ2) is 4.81. The molecule has 0 bridgehead atoms. The first-order valence-electron chi connectivity index (χ1n) is 5.28. The highest BCUT2D eigenvalue weighted by Crippen LogP contribution is 2.20. The molecule has 1 heterocycles. The molecule has 2 aromatic rings. The highest BCUT2D eigenvalue weighted by molar-refractivity contribution is 7.71. The highest BCUT2D eigenvalue weighted by Gasteiger charge is 2.12. The summed E-state index contributed by atoms with van der Waals surface area (Å²) >= 11 is 5.16. The average molecular weight is 252 g/mol. The van der Waals surface area contributed by atoms with Crippen LogP contribution in [0, 0.1) is 10.6 Å². The van der Waals surface area contributed by atoms with Crippen molar-refractivity contribution in [2.24, 2.45) is 0 Å². The number of nitrogens with one attached hydrogen (secondary N) is 1. The van der Waals surface area contributed by atoms with Crippen LogP contribution >= 0.6 is 12.2 Å². The third-order valence-corrected chi connectivity index (χ3v) is 3.11. The lowest BCUT2D eigenvalue weighted by Gasteiger charge is -2.16. The van der Waals surface area contributed by atoms with Crippen LogP contribution in [0.25, 0.3) is 0 Å². The van der Waals surface area contributed by atoms with Gasteiger partial charge in [-0.2, -0.15) is 0 Å². The van der Waals surface area contributed by atoms with Crippen LogP contribution in [-0.2, 0) is 6.61 Å². The molecule has 90 valence electrons. The van der Waals surface area contributed by atoms with Crippen LogP contribution in [0.3, 0.4) is 0 Å². The third-order valence-electron chi connectivity index (χ3n) is 2.79. The highest BCUT2D eigenvalue weighted by atomic mass is 32.1. The lowest BCUT2D eigenvalue weighted by molar-refractivity contribution is 0.269. The zero-order valence-corrected chi connectivity index (χ0v) is 10.2. The van der Waals surface area contributed by atoms with E-state index in [9.17, 15) is 9.50 Å². The number of benzene rings is 1. The second-order valence-electron chi connectivity index (χ2n) is 3.84. The van der Waals surface area contributed by atoms with E-state index in [1.165, 1.54) is 12.1 Å². The van der Waals surface area contributed by atoms with Crippen LogP contribution in [0.2, 0.25) is 0 Å². The number of aromatic nitrogens is 2. The molecule has 0 spiro atoms. The number of H-pyrrole nitrogens is 1. The molecule has 2 N–H and O–H groups in total. The predicted molar refractivity (Wildman–Crippen MR) is 65.8 cm³/mol. The van der Waals surface area contributed by atoms with Crippen molar-refractivity contribution in [1.29, 1.82) is 0 Å². The van der Waals surface area contributed by atoms with Crippen molar-refractivity contribution < 1.29 is 9.50 Å². The van der Waals surface area contributed by atoms with Gasteiger partial charge in [0.15, 0.2) is 4.77 Å². The normalized spacial score (nSPS) is 12.6. The number of rotatable bonds is 3. The first-order valence-corrected chi connectivity index (χ1v) is 5.69. The SMILES string of the molecule is C[C@H](c1ccc(F)cc1)n1c(CO)c[nH]c1=S.